The lowest BCUT2D eigenvalue weighted by molar-refractivity contribution is 0.236. The quantitative estimate of drug-likeness (QED) is 0.567. The molecule has 0 aliphatic carbocycles. The number of aromatic nitrogens is 1. The fourth-order valence-electron chi connectivity index (χ4n) is 3.07. The largest absolute Gasteiger partial charge is 0.493 e. The first kappa shape index (κ1) is 19.0. The van der Waals surface area contributed by atoms with Crippen LogP contribution >= 0.6 is 0 Å². The summed E-state index contributed by atoms with van der Waals surface area (Å²) in [5.74, 6) is 3.43. The monoisotopic (exact) mass is 366 g/mol. The Labute approximate surface area is 160 Å². The molecule has 0 amide bonds. The van der Waals surface area contributed by atoms with Gasteiger partial charge in [-0.25, -0.2) is 0 Å². The molecule has 2 heterocycles. The molecule has 5 nitrogen and oxygen atoms in total. The number of nitrogens with zero attached hydrogens (tertiary/aromatic N) is 2. The average Bonchev–Trinajstić information content (AvgIpc) is 3.11. The SMILES string of the molecule is COc1ccc(CCN(Cc2ccncc2)Cc2ccc(C)o2)cc1OC. The third kappa shape index (κ3) is 5.34. The van der Waals surface area contributed by atoms with Gasteiger partial charge in [0.2, 0.25) is 0 Å². The third-order valence-electron chi connectivity index (χ3n) is 4.50. The predicted molar refractivity (Wildman–Crippen MR) is 105 cm³/mol. The molecule has 0 atom stereocenters. The molecular weight excluding hydrogens is 340 g/mol. The Hall–Kier alpha value is -2.79. The van der Waals surface area contributed by atoms with Crippen molar-refractivity contribution in [2.45, 2.75) is 26.4 Å². The lowest BCUT2D eigenvalue weighted by Gasteiger charge is -2.21. The van der Waals surface area contributed by atoms with E-state index in [0.29, 0.717) is 0 Å². The van der Waals surface area contributed by atoms with Crippen LogP contribution in [0.3, 0.4) is 0 Å². The highest BCUT2D eigenvalue weighted by Gasteiger charge is 2.11. The van der Waals surface area contributed by atoms with Crippen LogP contribution in [-0.2, 0) is 19.5 Å². The van der Waals surface area contributed by atoms with E-state index in [4.69, 9.17) is 13.9 Å². The zero-order chi connectivity index (χ0) is 19.1. The Morgan fingerprint density at radius 1 is 0.889 bits per heavy atom. The molecule has 0 aliphatic rings. The van der Waals surface area contributed by atoms with Crippen molar-refractivity contribution in [3.63, 3.8) is 0 Å². The van der Waals surface area contributed by atoms with Crippen molar-refractivity contribution in [2.24, 2.45) is 0 Å². The molecule has 0 saturated heterocycles. The number of methoxy groups -OCH3 is 2. The van der Waals surface area contributed by atoms with E-state index in [1.165, 1.54) is 11.1 Å². The Morgan fingerprint density at radius 2 is 1.67 bits per heavy atom. The summed E-state index contributed by atoms with van der Waals surface area (Å²) in [4.78, 5) is 6.49. The second-order valence-electron chi connectivity index (χ2n) is 6.52. The van der Waals surface area contributed by atoms with Crippen LogP contribution in [0.2, 0.25) is 0 Å². The molecule has 0 N–H and O–H groups in total. The summed E-state index contributed by atoms with van der Waals surface area (Å²) < 4.78 is 16.5. The van der Waals surface area contributed by atoms with Crippen LogP contribution in [0, 0.1) is 6.92 Å². The summed E-state index contributed by atoms with van der Waals surface area (Å²) in [6, 6.07) is 14.2. The lowest BCUT2D eigenvalue weighted by Crippen LogP contribution is -2.25. The minimum Gasteiger partial charge on any atom is -0.493 e. The van der Waals surface area contributed by atoms with Gasteiger partial charge in [-0.15, -0.1) is 0 Å². The molecular formula is C22H26N2O3. The van der Waals surface area contributed by atoms with Crippen LogP contribution in [-0.4, -0.2) is 30.6 Å². The second kappa shape index (κ2) is 9.24. The topological polar surface area (TPSA) is 47.7 Å². The minimum absolute atomic E-state index is 0.751. The number of pyridine rings is 1. The van der Waals surface area contributed by atoms with Crippen LogP contribution in [0.1, 0.15) is 22.6 Å². The van der Waals surface area contributed by atoms with Gasteiger partial charge in [0.15, 0.2) is 11.5 Å². The number of ether oxygens (including phenoxy) is 2. The van der Waals surface area contributed by atoms with E-state index in [9.17, 15) is 0 Å². The van der Waals surface area contributed by atoms with E-state index in [-0.39, 0.29) is 0 Å². The van der Waals surface area contributed by atoms with Gasteiger partial charge in [-0.2, -0.15) is 0 Å². The van der Waals surface area contributed by atoms with E-state index in [0.717, 1.165) is 49.1 Å². The Morgan fingerprint density at radius 3 is 2.33 bits per heavy atom. The van der Waals surface area contributed by atoms with Gasteiger partial charge in [0.25, 0.3) is 0 Å². The van der Waals surface area contributed by atoms with E-state index in [1.807, 2.05) is 43.6 Å². The van der Waals surface area contributed by atoms with Gasteiger partial charge in [-0.05, 0) is 60.9 Å². The van der Waals surface area contributed by atoms with Gasteiger partial charge >= 0.3 is 0 Å². The van der Waals surface area contributed by atoms with E-state index < -0.39 is 0 Å². The molecule has 1 aromatic carbocycles. The highest BCUT2D eigenvalue weighted by molar-refractivity contribution is 5.42. The highest BCUT2D eigenvalue weighted by Crippen LogP contribution is 2.28. The van der Waals surface area contributed by atoms with Crippen LogP contribution < -0.4 is 9.47 Å². The summed E-state index contributed by atoms with van der Waals surface area (Å²) in [5.41, 5.74) is 2.45. The van der Waals surface area contributed by atoms with Crippen LogP contribution in [0.15, 0.2) is 59.3 Å². The second-order valence-corrected chi connectivity index (χ2v) is 6.52. The summed E-state index contributed by atoms with van der Waals surface area (Å²) in [5, 5.41) is 0. The van der Waals surface area contributed by atoms with Crippen LogP contribution in [0.4, 0.5) is 0 Å². The number of benzene rings is 1. The highest BCUT2D eigenvalue weighted by atomic mass is 16.5. The molecule has 0 aliphatic heterocycles. The van der Waals surface area contributed by atoms with E-state index in [1.54, 1.807) is 14.2 Å². The summed E-state index contributed by atoms with van der Waals surface area (Å²) in [6.07, 6.45) is 4.57. The molecule has 0 saturated carbocycles. The third-order valence-corrected chi connectivity index (χ3v) is 4.50. The Kier molecular flexibility index (Phi) is 6.49. The fourth-order valence-corrected chi connectivity index (χ4v) is 3.07. The van der Waals surface area contributed by atoms with Crippen LogP contribution in [0.5, 0.6) is 11.5 Å². The molecule has 0 spiro atoms. The molecule has 3 aromatic rings. The summed E-state index contributed by atoms with van der Waals surface area (Å²) >= 11 is 0. The first-order valence-electron chi connectivity index (χ1n) is 9.05. The maximum Gasteiger partial charge on any atom is 0.160 e. The van der Waals surface area contributed by atoms with E-state index in [2.05, 4.69) is 28.1 Å². The number of hydrogen-bond acceptors (Lipinski definition) is 5. The molecule has 142 valence electrons. The normalized spacial score (nSPS) is 11.0. The van der Waals surface area contributed by atoms with Gasteiger partial charge in [-0.3, -0.25) is 9.88 Å². The number of furan rings is 1. The molecule has 0 bridgehead atoms. The smallest absolute Gasteiger partial charge is 0.160 e. The van der Waals surface area contributed by atoms with Crippen molar-refractivity contribution in [1.82, 2.24) is 9.88 Å². The number of rotatable bonds is 9. The van der Waals surface area contributed by atoms with Crippen molar-refractivity contribution < 1.29 is 13.9 Å². The minimum atomic E-state index is 0.751. The Balaban J connectivity index is 1.70. The zero-order valence-corrected chi connectivity index (χ0v) is 16.1. The van der Waals surface area contributed by atoms with Crippen molar-refractivity contribution in [1.29, 1.82) is 0 Å². The summed E-state index contributed by atoms with van der Waals surface area (Å²) in [7, 11) is 3.32. The maximum absolute atomic E-state index is 5.78. The predicted octanol–water partition coefficient (Wildman–Crippen LogP) is 4.25. The molecule has 0 fully saturated rings. The lowest BCUT2D eigenvalue weighted by atomic mass is 10.1. The van der Waals surface area contributed by atoms with Crippen LogP contribution in [0.25, 0.3) is 0 Å². The van der Waals surface area contributed by atoms with Gasteiger partial charge in [0.05, 0.1) is 20.8 Å². The van der Waals surface area contributed by atoms with Gasteiger partial charge < -0.3 is 13.9 Å². The molecule has 0 radical (unpaired) electrons. The van der Waals surface area contributed by atoms with Gasteiger partial charge in [-0.1, -0.05) is 6.07 Å². The van der Waals surface area contributed by atoms with Crippen molar-refractivity contribution in [3.05, 3.63) is 77.5 Å². The number of hydrogen-bond donors (Lipinski definition) is 0. The molecule has 27 heavy (non-hydrogen) atoms. The van der Waals surface area contributed by atoms with E-state index >= 15 is 0 Å². The van der Waals surface area contributed by atoms with Crippen molar-refractivity contribution in [2.75, 3.05) is 20.8 Å². The molecule has 0 unspecified atom stereocenters. The van der Waals surface area contributed by atoms with Gasteiger partial charge in [0, 0.05) is 25.5 Å². The molecule has 3 rings (SSSR count). The first-order valence-corrected chi connectivity index (χ1v) is 9.05. The Bertz CT molecular complexity index is 846. The van der Waals surface area contributed by atoms with Gasteiger partial charge in [0.1, 0.15) is 11.5 Å². The van der Waals surface area contributed by atoms with Crippen molar-refractivity contribution >= 4 is 0 Å². The molecule has 5 heteroatoms. The summed E-state index contributed by atoms with van der Waals surface area (Å²) in [6.45, 7) is 4.48. The van der Waals surface area contributed by atoms with Crippen molar-refractivity contribution in [3.8, 4) is 11.5 Å². The standard InChI is InChI=1S/C22H26N2O3/c1-17-4-6-20(27-17)16-24(15-19-8-11-23-12-9-19)13-10-18-5-7-21(25-2)22(14-18)26-3/h4-9,11-12,14H,10,13,15-16H2,1-3H3. The average molecular weight is 366 g/mol. The molecule has 2 aromatic heterocycles. The fraction of sp³-hybridized carbons (Fsp3) is 0.318. The zero-order valence-electron chi connectivity index (χ0n) is 16.1. The first-order chi connectivity index (χ1) is 13.2. The number of aryl methyl sites for hydroxylation is 1. The maximum atomic E-state index is 5.78.